The number of carbonyl (C=O) groups excluding carboxylic acids is 1. The van der Waals surface area contributed by atoms with Crippen LogP contribution < -0.4 is 0 Å². The molecule has 0 saturated heterocycles. The van der Waals surface area contributed by atoms with Crippen LogP contribution in [0.1, 0.15) is 63.0 Å². The van der Waals surface area contributed by atoms with Crippen LogP contribution in [0.3, 0.4) is 0 Å². The Balaban J connectivity index is 1.75. The molecule has 1 aromatic carbocycles. The molecule has 0 radical (unpaired) electrons. The molecular formula is C22H28O4. The van der Waals surface area contributed by atoms with Crippen molar-refractivity contribution in [1.82, 2.24) is 0 Å². The molecule has 0 bridgehead atoms. The van der Waals surface area contributed by atoms with Gasteiger partial charge in [0, 0.05) is 11.8 Å². The molecule has 0 heterocycles. The van der Waals surface area contributed by atoms with Gasteiger partial charge >= 0.3 is 5.97 Å². The minimum absolute atomic E-state index is 0.222. The van der Waals surface area contributed by atoms with Gasteiger partial charge in [-0.25, -0.2) is 0 Å². The average molecular weight is 356 g/mol. The monoisotopic (exact) mass is 356 g/mol. The zero-order chi connectivity index (χ0) is 18.6. The van der Waals surface area contributed by atoms with Crippen molar-refractivity contribution in [1.29, 1.82) is 0 Å². The van der Waals surface area contributed by atoms with Crippen molar-refractivity contribution in [2.75, 3.05) is 0 Å². The zero-order valence-corrected chi connectivity index (χ0v) is 15.6. The lowest BCUT2D eigenvalue weighted by molar-refractivity contribution is -0.142. The number of fused-ring (bicyclic) bond motifs is 5. The molecule has 3 aliphatic rings. The van der Waals surface area contributed by atoms with Crippen LogP contribution in [0.2, 0.25) is 0 Å². The molecule has 3 aliphatic carbocycles. The summed E-state index contributed by atoms with van der Waals surface area (Å²) in [6, 6.07) is 5.68. The molecule has 0 aromatic heterocycles. The van der Waals surface area contributed by atoms with Gasteiger partial charge in [0.25, 0.3) is 0 Å². The molecule has 1 aromatic rings. The van der Waals surface area contributed by atoms with E-state index in [0.717, 1.165) is 25.7 Å². The first-order valence-electron chi connectivity index (χ1n) is 9.89. The highest BCUT2D eigenvalue weighted by Crippen LogP contribution is 2.61. The number of carboxylic acids is 1. The topological polar surface area (TPSA) is 74.6 Å². The van der Waals surface area contributed by atoms with E-state index in [4.69, 9.17) is 0 Å². The van der Waals surface area contributed by atoms with Crippen LogP contribution in [0.25, 0.3) is 0 Å². The van der Waals surface area contributed by atoms with Crippen molar-refractivity contribution < 1.29 is 19.8 Å². The molecule has 0 amide bonds. The Labute approximate surface area is 154 Å². The van der Waals surface area contributed by atoms with Crippen LogP contribution >= 0.6 is 0 Å². The fourth-order valence-corrected chi connectivity index (χ4v) is 6.33. The third-order valence-corrected chi connectivity index (χ3v) is 7.67. The zero-order valence-electron chi connectivity index (χ0n) is 15.6. The van der Waals surface area contributed by atoms with Crippen molar-refractivity contribution >= 4 is 11.8 Å². The van der Waals surface area contributed by atoms with E-state index in [9.17, 15) is 19.8 Å². The van der Waals surface area contributed by atoms with Gasteiger partial charge in [-0.05, 0) is 79.0 Å². The smallest absolute Gasteiger partial charge is 0.306 e. The van der Waals surface area contributed by atoms with Gasteiger partial charge in [-0.1, -0.05) is 19.9 Å². The minimum atomic E-state index is -0.746. The van der Waals surface area contributed by atoms with Crippen molar-refractivity contribution in [3.05, 3.63) is 29.3 Å². The number of carbonyl (C=O) groups is 2. The lowest BCUT2D eigenvalue weighted by Gasteiger charge is -2.52. The lowest BCUT2D eigenvalue weighted by Crippen LogP contribution is -2.46. The summed E-state index contributed by atoms with van der Waals surface area (Å²) in [5.41, 5.74) is 2.26. The Morgan fingerprint density at radius 1 is 1.35 bits per heavy atom. The molecule has 4 nitrogen and oxygen atoms in total. The Morgan fingerprint density at radius 2 is 2.12 bits per heavy atom. The number of rotatable bonds is 3. The molecular weight excluding hydrogens is 328 g/mol. The first kappa shape index (κ1) is 17.6. The van der Waals surface area contributed by atoms with E-state index in [1.807, 2.05) is 6.07 Å². The Bertz CT molecular complexity index is 755. The maximum atomic E-state index is 12.6. The summed E-state index contributed by atoms with van der Waals surface area (Å²) in [5, 5.41) is 19.4. The summed E-state index contributed by atoms with van der Waals surface area (Å²) >= 11 is 0. The number of hydrogen-bond donors (Lipinski definition) is 2. The molecule has 2 N–H and O–H groups in total. The molecule has 26 heavy (non-hydrogen) atoms. The third kappa shape index (κ3) is 2.57. The van der Waals surface area contributed by atoms with Crippen LogP contribution in [0.4, 0.5) is 0 Å². The van der Waals surface area contributed by atoms with E-state index in [1.54, 1.807) is 13.0 Å². The summed E-state index contributed by atoms with van der Waals surface area (Å²) in [6.45, 7) is 3.93. The van der Waals surface area contributed by atoms with E-state index in [2.05, 4.69) is 13.0 Å². The number of aromatic hydroxyl groups is 1. The number of phenolic OH excluding ortho intramolecular Hbond substituents is 1. The van der Waals surface area contributed by atoms with Gasteiger partial charge < -0.3 is 10.2 Å². The summed E-state index contributed by atoms with van der Waals surface area (Å²) < 4.78 is 0. The van der Waals surface area contributed by atoms with Crippen LogP contribution in [0, 0.1) is 29.1 Å². The molecule has 140 valence electrons. The lowest BCUT2D eigenvalue weighted by atomic mass is 9.52. The molecule has 2 saturated carbocycles. The number of aliphatic carboxylic acids is 1. The standard InChI is InChI=1S/C22H28O4/c1-12(21(25)26)9-14-10-13-11-15(23)3-4-16(13)17-7-8-22(2)18(20(14)17)5-6-19(22)24/h3-4,11-12,14,17-18,20,23H,5-10H2,1-2H3,(H,25,26). The van der Waals surface area contributed by atoms with E-state index in [-0.39, 0.29) is 23.0 Å². The minimum Gasteiger partial charge on any atom is -0.508 e. The molecule has 6 atom stereocenters. The Kier molecular flexibility index (Phi) is 4.13. The summed E-state index contributed by atoms with van der Waals surface area (Å²) in [5.74, 6) is 0.937. The second kappa shape index (κ2) is 6.11. The predicted octanol–water partition coefficient (Wildman–Crippen LogP) is 4.15. The van der Waals surface area contributed by atoms with E-state index in [0.29, 0.717) is 36.4 Å². The van der Waals surface area contributed by atoms with Crippen LogP contribution in [-0.2, 0) is 16.0 Å². The quantitative estimate of drug-likeness (QED) is 0.853. The van der Waals surface area contributed by atoms with Crippen LogP contribution in [-0.4, -0.2) is 22.0 Å². The van der Waals surface area contributed by atoms with Crippen LogP contribution in [0.15, 0.2) is 18.2 Å². The van der Waals surface area contributed by atoms with E-state index >= 15 is 0 Å². The van der Waals surface area contributed by atoms with Crippen molar-refractivity contribution in [3.8, 4) is 5.75 Å². The van der Waals surface area contributed by atoms with E-state index in [1.165, 1.54) is 11.1 Å². The maximum absolute atomic E-state index is 12.6. The van der Waals surface area contributed by atoms with Crippen molar-refractivity contribution in [2.45, 2.75) is 58.3 Å². The van der Waals surface area contributed by atoms with Crippen molar-refractivity contribution in [2.24, 2.45) is 29.1 Å². The normalized spacial score (nSPS) is 36.8. The Hall–Kier alpha value is -1.84. The SMILES string of the molecule is CC(CC1Cc2cc(O)ccc2C2CCC3(C)C(=O)CCC3C12)C(=O)O. The number of benzene rings is 1. The number of ketones is 1. The fraction of sp³-hybridized carbons (Fsp3) is 0.636. The predicted molar refractivity (Wildman–Crippen MR) is 98.0 cm³/mol. The first-order valence-corrected chi connectivity index (χ1v) is 9.89. The highest BCUT2D eigenvalue weighted by Gasteiger charge is 2.56. The summed E-state index contributed by atoms with van der Waals surface area (Å²) in [7, 11) is 0. The summed E-state index contributed by atoms with van der Waals surface area (Å²) in [6.07, 6.45) is 4.99. The highest BCUT2D eigenvalue weighted by atomic mass is 16.4. The first-order chi connectivity index (χ1) is 12.3. The second-order valence-corrected chi connectivity index (χ2v) is 9.03. The average Bonchev–Trinajstić information content (AvgIpc) is 2.89. The number of carboxylic acid groups (broad SMARTS) is 1. The van der Waals surface area contributed by atoms with Gasteiger partial charge in [-0.3, -0.25) is 9.59 Å². The van der Waals surface area contributed by atoms with Gasteiger partial charge in [0.15, 0.2) is 0 Å². The van der Waals surface area contributed by atoms with Gasteiger partial charge in [-0.2, -0.15) is 0 Å². The van der Waals surface area contributed by atoms with E-state index < -0.39 is 5.97 Å². The fourth-order valence-electron chi connectivity index (χ4n) is 6.33. The molecule has 2 fully saturated rings. The molecule has 4 rings (SSSR count). The highest BCUT2D eigenvalue weighted by molar-refractivity contribution is 5.87. The van der Waals surface area contributed by atoms with Gasteiger partial charge in [0.05, 0.1) is 5.92 Å². The van der Waals surface area contributed by atoms with Gasteiger partial charge in [0.1, 0.15) is 11.5 Å². The summed E-state index contributed by atoms with van der Waals surface area (Å²) in [4.78, 5) is 24.1. The second-order valence-electron chi connectivity index (χ2n) is 9.03. The van der Waals surface area contributed by atoms with Gasteiger partial charge in [-0.15, -0.1) is 0 Å². The molecule has 0 spiro atoms. The van der Waals surface area contributed by atoms with Crippen molar-refractivity contribution in [3.63, 3.8) is 0 Å². The molecule has 6 unspecified atom stereocenters. The third-order valence-electron chi connectivity index (χ3n) is 7.67. The maximum Gasteiger partial charge on any atom is 0.306 e. The number of Topliss-reactive ketones (excluding diaryl/α,β-unsaturated/α-hetero) is 1. The van der Waals surface area contributed by atoms with Crippen LogP contribution in [0.5, 0.6) is 5.75 Å². The number of hydrogen-bond acceptors (Lipinski definition) is 3. The number of phenols is 1. The molecule has 4 heteroatoms. The van der Waals surface area contributed by atoms with Gasteiger partial charge in [0.2, 0.25) is 0 Å². The molecule has 0 aliphatic heterocycles. The largest absolute Gasteiger partial charge is 0.508 e. The Morgan fingerprint density at radius 3 is 2.85 bits per heavy atom.